The molecule has 0 saturated carbocycles. The number of pyridine rings is 1. The van der Waals surface area contributed by atoms with Crippen LogP contribution in [-0.2, 0) is 4.79 Å². The average molecular weight is 491 g/mol. The SMILES string of the molecule is O=C(CSc1ncccc1C(=O)Nc1ccc(-c2nccs2)cc1)Nc1ccc2c(c1)OCO2. The third kappa shape index (κ3) is 5.03. The lowest BCUT2D eigenvalue weighted by Crippen LogP contribution is -2.16. The van der Waals surface area contributed by atoms with Crippen molar-refractivity contribution in [3.63, 3.8) is 0 Å². The van der Waals surface area contributed by atoms with Crippen LogP contribution in [0.15, 0.2) is 77.4 Å². The Kier molecular flexibility index (Phi) is 6.41. The molecule has 170 valence electrons. The predicted molar refractivity (Wildman–Crippen MR) is 132 cm³/mol. The van der Waals surface area contributed by atoms with Crippen LogP contribution >= 0.6 is 23.1 Å². The summed E-state index contributed by atoms with van der Waals surface area (Å²) in [6.07, 6.45) is 3.35. The number of aromatic nitrogens is 2. The number of fused-ring (bicyclic) bond motifs is 1. The van der Waals surface area contributed by atoms with E-state index in [1.54, 1.807) is 54.1 Å². The Morgan fingerprint density at radius 2 is 1.76 bits per heavy atom. The molecule has 2 N–H and O–H groups in total. The molecule has 0 radical (unpaired) electrons. The standard InChI is InChI=1S/C24H18N4O4S2/c29-21(27-17-7-8-19-20(12-17)32-14-31-19)13-34-24-18(2-1-9-25-24)22(30)28-16-5-3-15(4-6-16)23-26-10-11-33-23/h1-12H,13-14H2,(H,27,29)(H,28,30). The molecular weight excluding hydrogens is 472 g/mol. The lowest BCUT2D eigenvalue weighted by Gasteiger charge is -2.10. The fraction of sp³-hybridized carbons (Fsp3) is 0.0833. The number of carbonyl (C=O) groups excluding carboxylic acids is 2. The van der Waals surface area contributed by atoms with Gasteiger partial charge < -0.3 is 20.1 Å². The minimum absolute atomic E-state index is 0.0915. The van der Waals surface area contributed by atoms with Gasteiger partial charge in [-0.05, 0) is 48.5 Å². The summed E-state index contributed by atoms with van der Waals surface area (Å²) in [7, 11) is 0. The van der Waals surface area contributed by atoms with Gasteiger partial charge in [0.2, 0.25) is 12.7 Å². The van der Waals surface area contributed by atoms with Crippen LogP contribution in [0.1, 0.15) is 10.4 Å². The molecule has 0 spiro atoms. The summed E-state index contributed by atoms with van der Waals surface area (Å²) in [6.45, 7) is 0.170. The van der Waals surface area contributed by atoms with Gasteiger partial charge in [-0.25, -0.2) is 9.97 Å². The maximum absolute atomic E-state index is 12.9. The van der Waals surface area contributed by atoms with Crippen LogP contribution < -0.4 is 20.1 Å². The molecular formula is C24H18N4O4S2. The van der Waals surface area contributed by atoms with Crippen molar-refractivity contribution >= 4 is 46.3 Å². The van der Waals surface area contributed by atoms with E-state index in [4.69, 9.17) is 9.47 Å². The number of hydrogen-bond acceptors (Lipinski definition) is 8. The molecule has 3 heterocycles. The molecule has 10 heteroatoms. The maximum Gasteiger partial charge on any atom is 0.258 e. The van der Waals surface area contributed by atoms with Crippen LogP contribution in [0.5, 0.6) is 11.5 Å². The Morgan fingerprint density at radius 1 is 0.941 bits per heavy atom. The fourth-order valence-electron chi connectivity index (χ4n) is 3.24. The number of ether oxygens (including phenoxy) is 2. The van der Waals surface area contributed by atoms with Gasteiger partial charge in [0.25, 0.3) is 5.91 Å². The molecule has 5 rings (SSSR count). The molecule has 2 aromatic carbocycles. The van der Waals surface area contributed by atoms with Crippen molar-refractivity contribution in [3.05, 3.63) is 77.9 Å². The van der Waals surface area contributed by atoms with Crippen molar-refractivity contribution in [2.24, 2.45) is 0 Å². The molecule has 0 bridgehead atoms. The average Bonchev–Trinajstić information content (AvgIpc) is 3.55. The molecule has 0 saturated heterocycles. The summed E-state index contributed by atoms with van der Waals surface area (Å²) < 4.78 is 10.6. The number of amides is 2. The van der Waals surface area contributed by atoms with E-state index in [9.17, 15) is 9.59 Å². The van der Waals surface area contributed by atoms with Crippen LogP contribution in [0.3, 0.4) is 0 Å². The fourth-order valence-corrected chi connectivity index (χ4v) is 4.68. The van der Waals surface area contributed by atoms with E-state index in [0.717, 1.165) is 10.6 Å². The number of thiazole rings is 1. The van der Waals surface area contributed by atoms with Crippen molar-refractivity contribution < 1.29 is 19.1 Å². The van der Waals surface area contributed by atoms with Crippen LogP contribution in [0.4, 0.5) is 11.4 Å². The molecule has 0 atom stereocenters. The first-order valence-corrected chi connectivity index (χ1v) is 12.1. The number of hydrogen-bond donors (Lipinski definition) is 2. The van der Waals surface area contributed by atoms with Gasteiger partial charge in [-0.2, -0.15) is 0 Å². The highest BCUT2D eigenvalue weighted by Crippen LogP contribution is 2.34. The molecule has 0 aliphatic carbocycles. The summed E-state index contributed by atoms with van der Waals surface area (Å²) in [5.74, 6) is 0.810. The minimum atomic E-state index is -0.297. The maximum atomic E-state index is 12.9. The Labute approximate surface area is 203 Å². The number of anilines is 2. The zero-order chi connectivity index (χ0) is 23.3. The summed E-state index contributed by atoms with van der Waals surface area (Å²) in [6, 6.07) is 16.1. The first-order valence-electron chi connectivity index (χ1n) is 10.2. The second-order valence-electron chi connectivity index (χ2n) is 7.13. The van der Waals surface area contributed by atoms with Gasteiger partial charge in [0.15, 0.2) is 11.5 Å². The predicted octanol–water partition coefficient (Wildman–Crippen LogP) is 4.92. The van der Waals surface area contributed by atoms with Gasteiger partial charge in [-0.15, -0.1) is 11.3 Å². The summed E-state index contributed by atoms with van der Waals surface area (Å²) in [5.41, 5.74) is 2.65. The van der Waals surface area contributed by atoms with Crippen molar-refractivity contribution in [1.82, 2.24) is 9.97 Å². The van der Waals surface area contributed by atoms with Crippen LogP contribution in [-0.4, -0.2) is 34.3 Å². The minimum Gasteiger partial charge on any atom is -0.454 e. The normalized spacial score (nSPS) is 11.8. The van der Waals surface area contributed by atoms with Crippen LogP contribution in [0.25, 0.3) is 10.6 Å². The molecule has 0 unspecified atom stereocenters. The van der Waals surface area contributed by atoms with Crippen LogP contribution in [0.2, 0.25) is 0 Å². The third-order valence-electron chi connectivity index (χ3n) is 4.83. The molecule has 2 amide bonds. The summed E-state index contributed by atoms with van der Waals surface area (Å²) >= 11 is 2.75. The van der Waals surface area contributed by atoms with E-state index in [0.29, 0.717) is 33.5 Å². The van der Waals surface area contributed by atoms with Gasteiger partial charge in [-0.3, -0.25) is 9.59 Å². The molecule has 4 aromatic rings. The van der Waals surface area contributed by atoms with Crippen LogP contribution in [0, 0.1) is 0 Å². The van der Waals surface area contributed by atoms with Gasteiger partial charge >= 0.3 is 0 Å². The highest BCUT2D eigenvalue weighted by molar-refractivity contribution is 8.00. The number of benzene rings is 2. The number of nitrogens with one attached hydrogen (secondary N) is 2. The van der Waals surface area contributed by atoms with E-state index < -0.39 is 0 Å². The van der Waals surface area contributed by atoms with Gasteiger partial charge in [0.05, 0.1) is 11.3 Å². The highest BCUT2D eigenvalue weighted by Gasteiger charge is 2.17. The lowest BCUT2D eigenvalue weighted by atomic mass is 10.2. The molecule has 1 aliphatic heterocycles. The first kappa shape index (κ1) is 21.9. The molecule has 8 nitrogen and oxygen atoms in total. The zero-order valence-electron chi connectivity index (χ0n) is 17.7. The molecule has 0 fully saturated rings. The Balaban J connectivity index is 1.20. The zero-order valence-corrected chi connectivity index (χ0v) is 19.3. The van der Waals surface area contributed by atoms with Gasteiger partial charge in [-0.1, -0.05) is 11.8 Å². The summed E-state index contributed by atoms with van der Waals surface area (Å²) in [5, 5.41) is 9.02. The van der Waals surface area contributed by atoms with E-state index in [1.165, 1.54) is 11.8 Å². The van der Waals surface area contributed by atoms with Crippen molar-refractivity contribution in [2.75, 3.05) is 23.2 Å². The van der Waals surface area contributed by atoms with Crippen molar-refractivity contribution in [3.8, 4) is 22.1 Å². The van der Waals surface area contributed by atoms with E-state index in [-0.39, 0.29) is 24.4 Å². The van der Waals surface area contributed by atoms with Crippen molar-refractivity contribution in [2.45, 2.75) is 5.03 Å². The van der Waals surface area contributed by atoms with Gasteiger partial charge in [0.1, 0.15) is 10.0 Å². The second kappa shape index (κ2) is 9.94. The number of thioether (sulfide) groups is 1. The number of nitrogens with zero attached hydrogens (tertiary/aromatic N) is 2. The topological polar surface area (TPSA) is 102 Å². The van der Waals surface area contributed by atoms with E-state index in [1.807, 2.05) is 29.6 Å². The van der Waals surface area contributed by atoms with Gasteiger partial charge in [0, 0.05) is 40.8 Å². The smallest absolute Gasteiger partial charge is 0.258 e. The number of carbonyl (C=O) groups is 2. The van der Waals surface area contributed by atoms with E-state index in [2.05, 4.69) is 20.6 Å². The molecule has 2 aromatic heterocycles. The quantitative estimate of drug-likeness (QED) is 0.355. The van der Waals surface area contributed by atoms with E-state index >= 15 is 0 Å². The third-order valence-corrected chi connectivity index (χ3v) is 6.66. The largest absolute Gasteiger partial charge is 0.454 e. The van der Waals surface area contributed by atoms with Crippen molar-refractivity contribution in [1.29, 1.82) is 0 Å². The lowest BCUT2D eigenvalue weighted by molar-refractivity contribution is -0.113. The Hall–Kier alpha value is -3.89. The number of rotatable bonds is 7. The highest BCUT2D eigenvalue weighted by atomic mass is 32.2. The second-order valence-corrected chi connectivity index (χ2v) is 8.99. The molecule has 1 aliphatic rings. The molecule has 34 heavy (non-hydrogen) atoms. The monoisotopic (exact) mass is 490 g/mol. The summed E-state index contributed by atoms with van der Waals surface area (Å²) in [4.78, 5) is 33.9. The Morgan fingerprint density at radius 3 is 2.59 bits per heavy atom. The Bertz CT molecular complexity index is 1330. The first-order chi connectivity index (χ1) is 16.7.